The van der Waals surface area contributed by atoms with Crippen LogP contribution in [0.4, 0.5) is 4.79 Å². The lowest BCUT2D eigenvalue weighted by atomic mass is 10.2. The summed E-state index contributed by atoms with van der Waals surface area (Å²) in [4.78, 5) is 26.6. The molecular formula is C15H21N5O2. The normalized spacial score (nSPS) is 11.2. The van der Waals surface area contributed by atoms with Gasteiger partial charge in [-0.05, 0) is 56.7 Å². The molecule has 1 amide bonds. The maximum atomic E-state index is 12.6. The topological polar surface area (TPSA) is 73.0 Å². The number of carbonyl (C=O) groups is 1. The van der Waals surface area contributed by atoms with Crippen LogP contribution in [0.1, 0.15) is 33.3 Å². The van der Waals surface area contributed by atoms with Crippen LogP contribution in [0.2, 0.25) is 0 Å². The fraction of sp³-hybridized carbons (Fsp3) is 0.467. The predicted octanol–water partition coefficient (Wildman–Crippen LogP) is 1.82. The maximum absolute atomic E-state index is 12.6. The maximum Gasteiger partial charge on any atom is 0.377 e. The molecule has 7 nitrogen and oxygen atoms in total. The van der Waals surface area contributed by atoms with Gasteiger partial charge in [0.05, 0.1) is 5.69 Å². The average molecular weight is 303 g/mol. The summed E-state index contributed by atoms with van der Waals surface area (Å²) in [6, 6.07) is 6.78. The molecular weight excluding hydrogens is 282 g/mol. The van der Waals surface area contributed by atoms with Gasteiger partial charge >= 0.3 is 11.7 Å². The average Bonchev–Trinajstić information content (AvgIpc) is 2.80. The zero-order valence-electron chi connectivity index (χ0n) is 13.5. The van der Waals surface area contributed by atoms with Crippen LogP contribution in [-0.2, 0) is 0 Å². The van der Waals surface area contributed by atoms with Crippen molar-refractivity contribution < 1.29 is 4.79 Å². The summed E-state index contributed by atoms with van der Waals surface area (Å²) in [6.45, 7) is 9.46. The fourth-order valence-corrected chi connectivity index (χ4v) is 2.47. The van der Waals surface area contributed by atoms with Gasteiger partial charge in [-0.15, -0.1) is 4.68 Å². The number of aromatic nitrogens is 4. The zero-order valence-corrected chi connectivity index (χ0v) is 13.5. The minimum atomic E-state index is -0.564. The molecule has 0 unspecified atom stereocenters. The van der Waals surface area contributed by atoms with E-state index in [-0.39, 0.29) is 12.1 Å². The molecule has 1 aromatic carbocycles. The first-order valence-corrected chi connectivity index (χ1v) is 7.28. The summed E-state index contributed by atoms with van der Waals surface area (Å²) in [5.41, 5.74) is 0.937. The predicted molar refractivity (Wildman–Crippen MR) is 83.3 cm³/mol. The molecule has 1 heterocycles. The fourth-order valence-electron chi connectivity index (χ4n) is 2.47. The minimum Gasteiger partial charge on any atom is -0.318 e. The number of rotatable bonds is 3. The summed E-state index contributed by atoms with van der Waals surface area (Å²) in [5, 5.41) is 7.58. The summed E-state index contributed by atoms with van der Waals surface area (Å²) in [7, 11) is 0. The van der Waals surface area contributed by atoms with Crippen molar-refractivity contribution in [2.75, 3.05) is 0 Å². The standard InChI is InChI=1S/C15H21N5O2/c1-10(2)18(11(3)4)14(21)20-15(22)19(16-17-20)13-9-7-6-8-12(13)5/h6-11H,1-5H3. The van der Waals surface area contributed by atoms with Crippen LogP contribution >= 0.6 is 0 Å². The lowest BCUT2D eigenvalue weighted by Crippen LogP contribution is -2.47. The lowest BCUT2D eigenvalue weighted by Gasteiger charge is -2.29. The number of aryl methyl sites for hydroxylation is 1. The van der Waals surface area contributed by atoms with Gasteiger partial charge in [0.25, 0.3) is 0 Å². The number of hydrogen-bond donors (Lipinski definition) is 0. The highest BCUT2D eigenvalue weighted by Crippen LogP contribution is 2.10. The smallest absolute Gasteiger partial charge is 0.318 e. The molecule has 2 aromatic rings. The molecule has 0 fully saturated rings. The van der Waals surface area contributed by atoms with Crippen LogP contribution < -0.4 is 5.69 Å². The Morgan fingerprint density at radius 3 is 2.23 bits per heavy atom. The first-order valence-electron chi connectivity index (χ1n) is 7.28. The molecule has 7 heteroatoms. The van der Waals surface area contributed by atoms with E-state index < -0.39 is 11.7 Å². The molecule has 0 aliphatic heterocycles. The van der Waals surface area contributed by atoms with Crippen LogP contribution in [0.25, 0.3) is 5.69 Å². The SMILES string of the molecule is Cc1ccccc1-n1nnn(C(=O)N(C(C)C)C(C)C)c1=O. The van der Waals surface area contributed by atoms with Crippen molar-refractivity contribution in [3.8, 4) is 5.69 Å². The van der Waals surface area contributed by atoms with Crippen molar-refractivity contribution >= 4 is 6.03 Å². The van der Waals surface area contributed by atoms with Crippen molar-refractivity contribution in [1.29, 1.82) is 0 Å². The van der Waals surface area contributed by atoms with Crippen molar-refractivity contribution in [1.82, 2.24) is 24.7 Å². The highest BCUT2D eigenvalue weighted by Gasteiger charge is 2.25. The van der Waals surface area contributed by atoms with Crippen molar-refractivity contribution in [2.45, 2.75) is 46.7 Å². The number of para-hydroxylation sites is 1. The third-order valence-electron chi connectivity index (χ3n) is 3.44. The highest BCUT2D eigenvalue weighted by atomic mass is 16.2. The molecule has 1 aromatic heterocycles. The molecule has 22 heavy (non-hydrogen) atoms. The van der Waals surface area contributed by atoms with E-state index in [1.54, 1.807) is 11.0 Å². The number of amides is 1. The van der Waals surface area contributed by atoms with E-state index in [0.29, 0.717) is 5.69 Å². The second kappa shape index (κ2) is 6.13. The van der Waals surface area contributed by atoms with Gasteiger partial charge < -0.3 is 4.90 Å². The minimum absolute atomic E-state index is 0.0389. The summed E-state index contributed by atoms with van der Waals surface area (Å²) >= 11 is 0. The van der Waals surface area contributed by atoms with Crippen LogP contribution in [0.5, 0.6) is 0 Å². The van der Waals surface area contributed by atoms with E-state index in [1.165, 1.54) is 0 Å². The molecule has 0 aliphatic rings. The number of tetrazole rings is 1. The Hall–Kier alpha value is -2.44. The Bertz CT molecular complexity index is 722. The second-order valence-corrected chi connectivity index (χ2v) is 5.75. The van der Waals surface area contributed by atoms with Crippen LogP contribution in [0.15, 0.2) is 29.1 Å². The molecule has 0 spiro atoms. The number of hydrogen-bond acceptors (Lipinski definition) is 4. The van der Waals surface area contributed by atoms with Gasteiger partial charge in [0.15, 0.2) is 0 Å². The van der Waals surface area contributed by atoms with Gasteiger partial charge in [0.2, 0.25) is 0 Å². The van der Waals surface area contributed by atoms with E-state index in [0.717, 1.165) is 14.9 Å². The third-order valence-corrected chi connectivity index (χ3v) is 3.44. The Kier molecular flexibility index (Phi) is 4.44. The highest BCUT2D eigenvalue weighted by molar-refractivity contribution is 5.76. The molecule has 0 aliphatic carbocycles. The van der Waals surface area contributed by atoms with Gasteiger partial charge in [-0.2, -0.15) is 4.68 Å². The van der Waals surface area contributed by atoms with Crippen molar-refractivity contribution in [3.63, 3.8) is 0 Å². The summed E-state index contributed by atoms with van der Waals surface area (Å²) in [5.74, 6) is 0. The lowest BCUT2D eigenvalue weighted by molar-refractivity contribution is 0.162. The monoisotopic (exact) mass is 303 g/mol. The van der Waals surface area contributed by atoms with E-state index in [9.17, 15) is 9.59 Å². The van der Waals surface area contributed by atoms with Crippen molar-refractivity contribution in [2.24, 2.45) is 0 Å². The van der Waals surface area contributed by atoms with Crippen LogP contribution in [-0.4, -0.2) is 42.8 Å². The van der Waals surface area contributed by atoms with Gasteiger partial charge in [0.1, 0.15) is 0 Å². The third kappa shape index (κ3) is 2.79. The van der Waals surface area contributed by atoms with E-state index >= 15 is 0 Å². The summed E-state index contributed by atoms with van der Waals surface area (Å²) < 4.78 is 1.96. The van der Waals surface area contributed by atoms with Gasteiger partial charge in [-0.3, -0.25) is 0 Å². The largest absolute Gasteiger partial charge is 0.377 e. The number of nitrogens with zero attached hydrogens (tertiary/aromatic N) is 5. The second-order valence-electron chi connectivity index (χ2n) is 5.75. The molecule has 0 N–H and O–H groups in total. The number of benzene rings is 1. The first-order chi connectivity index (χ1) is 10.3. The van der Waals surface area contributed by atoms with Gasteiger partial charge in [-0.25, -0.2) is 9.59 Å². The molecule has 0 saturated heterocycles. The van der Waals surface area contributed by atoms with Gasteiger partial charge in [-0.1, -0.05) is 18.2 Å². The number of carbonyl (C=O) groups excluding carboxylic acids is 1. The molecule has 0 radical (unpaired) electrons. The first kappa shape index (κ1) is 15.9. The molecule has 0 atom stereocenters. The van der Waals surface area contributed by atoms with E-state index in [4.69, 9.17) is 0 Å². The Balaban J connectivity index is 2.46. The zero-order chi connectivity index (χ0) is 16.4. The Morgan fingerprint density at radius 1 is 1.09 bits per heavy atom. The molecule has 2 rings (SSSR count). The molecule has 0 saturated carbocycles. The molecule has 118 valence electrons. The van der Waals surface area contributed by atoms with Crippen molar-refractivity contribution in [3.05, 3.63) is 40.3 Å². The molecule has 0 bridgehead atoms. The van der Waals surface area contributed by atoms with E-state index in [1.807, 2.05) is 52.8 Å². The van der Waals surface area contributed by atoms with E-state index in [2.05, 4.69) is 10.4 Å². The summed E-state index contributed by atoms with van der Waals surface area (Å²) in [6.07, 6.45) is 0. The van der Waals surface area contributed by atoms with Crippen LogP contribution in [0, 0.1) is 6.92 Å². The Morgan fingerprint density at radius 2 is 1.68 bits per heavy atom. The Labute approximate surface area is 129 Å². The quantitative estimate of drug-likeness (QED) is 0.811. The van der Waals surface area contributed by atoms with Crippen LogP contribution in [0.3, 0.4) is 0 Å². The van der Waals surface area contributed by atoms with Gasteiger partial charge in [0, 0.05) is 12.1 Å².